The number of carbonyl (C=O) groups excluding carboxylic acids is 1. The first-order chi connectivity index (χ1) is 10.8. The number of hydrazone groups is 1. The lowest BCUT2D eigenvalue weighted by Gasteiger charge is -2.16. The molecule has 0 unspecified atom stereocenters. The van der Waals surface area contributed by atoms with E-state index in [4.69, 9.17) is 5.26 Å². The number of nitrogens with zero attached hydrogens (tertiary/aromatic N) is 3. The molecular formula is C17H16N4O. The van der Waals surface area contributed by atoms with Gasteiger partial charge in [0.05, 0.1) is 25.2 Å². The summed E-state index contributed by atoms with van der Waals surface area (Å²) in [5.74, 6) is 0. The molecule has 1 N–H and O–H groups in total. The molecule has 0 bridgehead atoms. The number of para-hydroxylation sites is 1. The van der Waals surface area contributed by atoms with Crippen molar-refractivity contribution in [2.75, 3.05) is 11.9 Å². The number of hydrogen-bond acceptors (Lipinski definition) is 3. The first kappa shape index (κ1) is 15.3. The van der Waals surface area contributed by atoms with E-state index in [1.165, 1.54) is 5.01 Å². The monoisotopic (exact) mass is 292 g/mol. The van der Waals surface area contributed by atoms with Crippen LogP contribution in [0.3, 0.4) is 0 Å². The number of hydrogen-bond donors (Lipinski definition) is 1. The van der Waals surface area contributed by atoms with E-state index in [9.17, 15) is 4.79 Å². The van der Waals surface area contributed by atoms with Gasteiger partial charge in [0.25, 0.3) is 0 Å². The number of anilines is 1. The predicted octanol–water partition coefficient (Wildman–Crippen LogP) is 3.47. The summed E-state index contributed by atoms with van der Waals surface area (Å²) < 4.78 is 0. The van der Waals surface area contributed by atoms with Gasteiger partial charge in [0.15, 0.2) is 0 Å². The van der Waals surface area contributed by atoms with Crippen LogP contribution in [0.2, 0.25) is 0 Å². The van der Waals surface area contributed by atoms with Crippen molar-refractivity contribution in [2.45, 2.75) is 6.42 Å². The molecule has 0 spiro atoms. The summed E-state index contributed by atoms with van der Waals surface area (Å²) >= 11 is 0. The van der Waals surface area contributed by atoms with Crippen LogP contribution in [0.5, 0.6) is 0 Å². The van der Waals surface area contributed by atoms with Crippen molar-refractivity contribution in [3.8, 4) is 6.07 Å². The van der Waals surface area contributed by atoms with E-state index in [0.717, 1.165) is 5.56 Å². The largest absolute Gasteiger partial charge is 0.342 e. The Kier molecular flexibility index (Phi) is 5.70. The van der Waals surface area contributed by atoms with Gasteiger partial charge >= 0.3 is 6.03 Å². The number of amides is 2. The number of carbonyl (C=O) groups is 1. The molecule has 0 radical (unpaired) electrons. The van der Waals surface area contributed by atoms with Gasteiger partial charge in [-0.1, -0.05) is 48.5 Å². The maximum Gasteiger partial charge on any atom is 0.342 e. The Morgan fingerprint density at radius 2 is 1.77 bits per heavy atom. The predicted molar refractivity (Wildman–Crippen MR) is 86.4 cm³/mol. The van der Waals surface area contributed by atoms with Crippen LogP contribution < -0.4 is 5.32 Å². The van der Waals surface area contributed by atoms with Crippen molar-refractivity contribution < 1.29 is 4.79 Å². The lowest BCUT2D eigenvalue weighted by molar-refractivity contribution is 0.215. The Morgan fingerprint density at radius 1 is 1.14 bits per heavy atom. The van der Waals surface area contributed by atoms with Crippen LogP contribution >= 0.6 is 0 Å². The minimum Gasteiger partial charge on any atom is -0.306 e. The van der Waals surface area contributed by atoms with E-state index < -0.39 is 0 Å². The third-order valence-electron chi connectivity index (χ3n) is 2.84. The molecule has 0 atom stereocenters. The highest BCUT2D eigenvalue weighted by Gasteiger charge is 2.11. The van der Waals surface area contributed by atoms with Crippen LogP contribution in [0.1, 0.15) is 12.0 Å². The number of urea groups is 1. The van der Waals surface area contributed by atoms with Gasteiger partial charge in [-0.3, -0.25) is 0 Å². The Bertz CT molecular complexity index is 662. The lowest BCUT2D eigenvalue weighted by atomic mass is 10.2. The second-order valence-corrected chi connectivity index (χ2v) is 4.48. The molecular weight excluding hydrogens is 276 g/mol. The van der Waals surface area contributed by atoms with Gasteiger partial charge in [0.1, 0.15) is 0 Å². The van der Waals surface area contributed by atoms with Gasteiger partial charge in [0.2, 0.25) is 0 Å². The molecule has 0 aliphatic carbocycles. The summed E-state index contributed by atoms with van der Waals surface area (Å²) in [4.78, 5) is 12.2. The van der Waals surface area contributed by atoms with Crippen LogP contribution in [-0.2, 0) is 0 Å². The molecule has 22 heavy (non-hydrogen) atoms. The molecule has 0 saturated heterocycles. The number of nitrogens with one attached hydrogen (secondary N) is 1. The summed E-state index contributed by atoms with van der Waals surface area (Å²) in [7, 11) is 0. The van der Waals surface area contributed by atoms with E-state index >= 15 is 0 Å². The highest BCUT2D eigenvalue weighted by Crippen LogP contribution is 2.07. The molecule has 110 valence electrons. The van der Waals surface area contributed by atoms with Gasteiger partial charge in [-0.25, -0.2) is 9.80 Å². The second kappa shape index (κ2) is 8.22. The highest BCUT2D eigenvalue weighted by atomic mass is 16.2. The molecule has 0 aromatic heterocycles. The van der Waals surface area contributed by atoms with Crippen molar-refractivity contribution in [3.63, 3.8) is 0 Å². The van der Waals surface area contributed by atoms with E-state index in [0.29, 0.717) is 5.69 Å². The fourth-order valence-electron chi connectivity index (χ4n) is 1.75. The van der Waals surface area contributed by atoms with Crippen LogP contribution in [-0.4, -0.2) is 23.8 Å². The van der Waals surface area contributed by atoms with Gasteiger partial charge in [0, 0.05) is 5.69 Å². The molecule has 0 heterocycles. The molecule has 2 aromatic carbocycles. The first-order valence-corrected chi connectivity index (χ1v) is 6.89. The van der Waals surface area contributed by atoms with Gasteiger partial charge < -0.3 is 5.32 Å². The molecule has 2 aromatic rings. The normalized spacial score (nSPS) is 10.1. The summed E-state index contributed by atoms with van der Waals surface area (Å²) in [5, 5.41) is 16.9. The van der Waals surface area contributed by atoms with E-state index in [1.807, 2.05) is 54.6 Å². The Labute approximate surface area is 129 Å². The van der Waals surface area contributed by atoms with Crippen LogP contribution in [0.25, 0.3) is 0 Å². The molecule has 5 nitrogen and oxygen atoms in total. The SMILES string of the molecule is N#CCCN(N=Cc1ccccc1)C(=O)Nc1ccccc1. The molecule has 0 aliphatic rings. The summed E-state index contributed by atoms with van der Waals surface area (Å²) in [5.41, 5.74) is 1.57. The van der Waals surface area contributed by atoms with Crippen molar-refractivity contribution in [1.29, 1.82) is 5.26 Å². The molecule has 0 saturated carbocycles. The summed E-state index contributed by atoms with van der Waals surface area (Å²) in [6.07, 6.45) is 1.82. The zero-order chi connectivity index (χ0) is 15.6. The third kappa shape index (κ3) is 4.76. The van der Waals surface area contributed by atoms with E-state index in [1.54, 1.807) is 18.3 Å². The van der Waals surface area contributed by atoms with Gasteiger partial charge in [-0.15, -0.1) is 0 Å². The molecule has 2 amide bonds. The second-order valence-electron chi connectivity index (χ2n) is 4.48. The lowest BCUT2D eigenvalue weighted by Crippen LogP contribution is -2.31. The van der Waals surface area contributed by atoms with Gasteiger partial charge in [-0.05, 0) is 17.7 Å². The fraction of sp³-hybridized carbons (Fsp3) is 0.118. The van der Waals surface area contributed by atoms with Crippen LogP contribution in [0.4, 0.5) is 10.5 Å². The smallest absolute Gasteiger partial charge is 0.306 e. The maximum atomic E-state index is 12.2. The average molecular weight is 292 g/mol. The zero-order valence-corrected chi connectivity index (χ0v) is 12.0. The Morgan fingerprint density at radius 3 is 2.41 bits per heavy atom. The topological polar surface area (TPSA) is 68.5 Å². The quantitative estimate of drug-likeness (QED) is 0.677. The van der Waals surface area contributed by atoms with Gasteiger partial charge in [-0.2, -0.15) is 10.4 Å². The molecule has 5 heteroatoms. The van der Waals surface area contributed by atoms with E-state index in [2.05, 4.69) is 10.4 Å². The highest BCUT2D eigenvalue weighted by molar-refractivity contribution is 5.90. The van der Waals surface area contributed by atoms with Crippen molar-refractivity contribution in [3.05, 3.63) is 66.2 Å². The molecule has 0 fully saturated rings. The van der Waals surface area contributed by atoms with Crippen LogP contribution in [0, 0.1) is 11.3 Å². The zero-order valence-electron chi connectivity index (χ0n) is 12.0. The average Bonchev–Trinajstić information content (AvgIpc) is 2.56. The number of rotatable bonds is 5. The maximum absolute atomic E-state index is 12.2. The Balaban J connectivity index is 2.06. The van der Waals surface area contributed by atoms with Crippen molar-refractivity contribution in [1.82, 2.24) is 5.01 Å². The standard InChI is InChI=1S/C17H16N4O/c18-12-7-13-21(19-14-15-8-3-1-4-9-15)17(22)20-16-10-5-2-6-11-16/h1-6,8-11,14H,7,13H2,(H,20,22). The fourth-order valence-corrected chi connectivity index (χ4v) is 1.75. The van der Waals surface area contributed by atoms with Crippen LogP contribution in [0.15, 0.2) is 65.8 Å². The number of benzene rings is 2. The van der Waals surface area contributed by atoms with Crippen molar-refractivity contribution >= 4 is 17.9 Å². The summed E-state index contributed by atoms with van der Waals surface area (Å²) in [6.45, 7) is 0.235. The minimum atomic E-state index is -0.367. The molecule has 0 aliphatic heterocycles. The third-order valence-corrected chi connectivity index (χ3v) is 2.84. The molecule has 2 rings (SSSR count). The van der Waals surface area contributed by atoms with E-state index in [-0.39, 0.29) is 19.0 Å². The first-order valence-electron chi connectivity index (χ1n) is 6.89. The minimum absolute atomic E-state index is 0.217. The van der Waals surface area contributed by atoms with Crippen molar-refractivity contribution in [2.24, 2.45) is 5.10 Å². The number of nitriles is 1. The Hall–Kier alpha value is -3.13. The summed E-state index contributed by atoms with van der Waals surface area (Å²) in [6, 6.07) is 20.3.